The van der Waals surface area contributed by atoms with Gasteiger partial charge in [-0.15, -0.1) is 0 Å². The molecule has 3 aromatic carbocycles. The molecular formula is C21H11ClF4N4O2. The zero-order chi connectivity index (χ0) is 22.8. The maximum atomic E-state index is 14.8. The zero-order valence-corrected chi connectivity index (χ0v) is 16.6. The molecule has 0 bridgehead atoms. The first kappa shape index (κ1) is 21.3. The summed E-state index contributed by atoms with van der Waals surface area (Å²) in [7, 11) is 0. The van der Waals surface area contributed by atoms with Gasteiger partial charge in [0.2, 0.25) is 11.6 Å². The lowest BCUT2D eigenvalue weighted by atomic mass is 10.2. The van der Waals surface area contributed by atoms with Gasteiger partial charge in [-0.3, -0.25) is 9.97 Å². The van der Waals surface area contributed by atoms with Crippen molar-refractivity contribution in [2.24, 2.45) is 0 Å². The standard InChI is InChI=1S/C21H11ClF4N4O2/c22-12-3-1-10(7-13(12)23)29-21(31)30-17-9-14(24)18(25)20(19(17)26)32-11-2-4-15-16(8-11)28-6-5-27-15/h1-9H,(H2,29,30,31). The molecule has 2 amide bonds. The van der Waals surface area contributed by atoms with Crippen molar-refractivity contribution in [3.8, 4) is 11.5 Å². The van der Waals surface area contributed by atoms with Gasteiger partial charge in [-0.1, -0.05) is 11.6 Å². The van der Waals surface area contributed by atoms with Crippen molar-refractivity contribution in [1.29, 1.82) is 0 Å². The van der Waals surface area contributed by atoms with Crippen molar-refractivity contribution in [3.05, 3.63) is 83.1 Å². The average Bonchev–Trinajstić information content (AvgIpc) is 2.77. The number of nitrogens with one attached hydrogen (secondary N) is 2. The minimum absolute atomic E-state index is 0.00105. The highest BCUT2D eigenvalue weighted by molar-refractivity contribution is 6.30. The van der Waals surface area contributed by atoms with Gasteiger partial charge in [0.15, 0.2) is 11.6 Å². The van der Waals surface area contributed by atoms with E-state index in [2.05, 4.69) is 15.3 Å². The Morgan fingerprint density at radius 3 is 2.34 bits per heavy atom. The van der Waals surface area contributed by atoms with Gasteiger partial charge < -0.3 is 15.4 Å². The Kier molecular flexibility index (Phi) is 5.78. The van der Waals surface area contributed by atoms with Crippen LogP contribution < -0.4 is 15.4 Å². The predicted molar refractivity (Wildman–Crippen MR) is 110 cm³/mol. The topological polar surface area (TPSA) is 76.1 Å². The molecule has 0 fully saturated rings. The smallest absolute Gasteiger partial charge is 0.323 e. The van der Waals surface area contributed by atoms with E-state index in [1.807, 2.05) is 5.32 Å². The summed E-state index contributed by atoms with van der Waals surface area (Å²) in [6.07, 6.45) is 2.89. The maximum absolute atomic E-state index is 14.8. The molecule has 0 aliphatic carbocycles. The Labute approximate surface area is 182 Å². The number of urea groups is 1. The molecule has 4 rings (SSSR count). The quantitative estimate of drug-likeness (QED) is 0.276. The second-order valence-electron chi connectivity index (χ2n) is 6.38. The van der Waals surface area contributed by atoms with Crippen LogP contribution in [0.3, 0.4) is 0 Å². The van der Waals surface area contributed by atoms with Crippen LogP contribution in [0.2, 0.25) is 5.02 Å². The predicted octanol–water partition coefficient (Wildman–Crippen LogP) is 6.28. The molecule has 0 unspecified atom stereocenters. The first-order valence-corrected chi connectivity index (χ1v) is 9.29. The first-order valence-electron chi connectivity index (χ1n) is 8.91. The number of carbonyl (C=O) groups excluding carboxylic acids is 1. The number of ether oxygens (including phenoxy) is 1. The van der Waals surface area contributed by atoms with Gasteiger partial charge in [0.25, 0.3) is 0 Å². The Balaban J connectivity index is 1.59. The van der Waals surface area contributed by atoms with E-state index < -0.39 is 40.7 Å². The van der Waals surface area contributed by atoms with Crippen molar-refractivity contribution in [2.75, 3.05) is 10.6 Å². The molecule has 0 saturated heterocycles. The highest BCUT2D eigenvalue weighted by Crippen LogP contribution is 2.34. The van der Waals surface area contributed by atoms with Crippen LogP contribution in [0.15, 0.2) is 54.9 Å². The van der Waals surface area contributed by atoms with Gasteiger partial charge in [0, 0.05) is 30.2 Å². The molecule has 11 heteroatoms. The van der Waals surface area contributed by atoms with Gasteiger partial charge in [-0.2, -0.15) is 4.39 Å². The lowest BCUT2D eigenvalue weighted by molar-refractivity contribution is 0.262. The fraction of sp³-hybridized carbons (Fsp3) is 0. The minimum Gasteiger partial charge on any atom is -0.451 e. The SMILES string of the molecule is O=C(Nc1ccc(Cl)c(F)c1)Nc1cc(F)c(F)c(Oc2ccc3nccnc3c2)c1F. The van der Waals surface area contributed by atoms with Crippen LogP contribution in [-0.4, -0.2) is 16.0 Å². The zero-order valence-electron chi connectivity index (χ0n) is 15.8. The average molecular weight is 463 g/mol. The number of hydrogen-bond donors (Lipinski definition) is 2. The van der Waals surface area contributed by atoms with Crippen molar-refractivity contribution >= 4 is 40.0 Å². The van der Waals surface area contributed by atoms with Gasteiger partial charge in [0.1, 0.15) is 11.6 Å². The summed E-state index contributed by atoms with van der Waals surface area (Å²) in [5.41, 5.74) is 0.195. The van der Waals surface area contributed by atoms with E-state index in [1.165, 1.54) is 42.7 Å². The molecule has 0 aliphatic rings. The third kappa shape index (κ3) is 4.40. The molecule has 1 heterocycles. The molecule has 162 valence electrons. The number of carbonyl (C=O) groups is 1. The molecule has 32 heavy (non-hydrogen) atoms. The number of nitrogens with zero attached hydrogens (tertiary/aromatic N) is 2. The highest BCUT2D eigenvalue weighted by atomic mass is 35.5. The van der Waals surface area contributed by atoms with Crippen molar-refractivity contribution < 1.29 is 27.1 Å². The van der Waals surface area contributed by atoms with E-state index in [9.17, 15) is 22.4 Å². The number of aromatic nitrogens is 2. The Hall–Kier alpha value is -3.92. The molecule has 4 aromatic rings. The van der Waals surface area contributed by atoms with Crippen LogP contribution in [0.25, 0.3) is 11.0 Å². The fourth-order valence-electron chi connectivity index (χ4n) is 2.74. The van der Waals surface area contributed by atoms with E-state index >= 15 is 0 Å². The van der Waals surface area contributed by atoms with Crippen LogP contribution in [-0.2, 0) is 0 Å². The summed E-state index contributed by atoms with van der Waals surface area (Å²) in [6.45, 7) is 0. The molecule has 0 atom stereocenters. The summed E-state index contributed by atoms with van der Waals surface area (Å²) >= 11 is 5.56. The number of hydrogen-bond acceptors (Lipinski definition) is 4. The minimum atomic E-state index is -1.59. The van der Waals surface area contributed by atoms with Gasteiger partial charge in [-0.25, -0.2) is 18.0 Å². The van der Waals surface area contributed by atoms with Gasteiger partial charge in [-0.05, 0) is 30.3 Å². The van der Waals surface area contributed by atoms with Gasteiger partial charge >= 0.3 is 6.03 Å². The van der Waals surface area contributed by atoms with E-state index in [4.69, 9.17) is 16.3 Å². The molecule has 0 spiro atoms. The first-order chi connectivity index (χ1) is 15.3. The third-order valence-corrected chi connectivity index (χ3v) is 4.51. The molecule has 2 N–H and O–H groups in total. The lowest BCUT2D eigenvalue weighted by Gasteiger charge is -2.13. The highest BCUT2D eigenvalue weighted by Gasteiger charge is 2.22. The maximum Gasteiger partial charge on any atom is 0.323 e. The lowest BCUT2D eigenvalue weighted by Crippen LogP contribution is -2.20. The van der Waals surface area contributed by atoms with Crippen LogP contribution in [0.1, 0.15) is 0 Å². The second-order valence-corrected chi connectivity index (χ2v) is 6.79. The number of anilines is 2. The number of fused-ring (bicyclic) bond motifs is 1. The number of benzene rings is 3. The van der Waals surface area contributed by atoms with E-state index in [0.717, 1.165) is 6.07 Å². The van der Waals surface area contributed by atoms with Gasteiger partial charge in [0.05, 0.1) is 21.7 Å². The molecule has 1 aromatic heterocycles. The molecule has 0 saturated carbocycles. The molecular weight excluding hydrogens is 452 g/mol. The molecule has 0 radical (unpaired) electrons. The second kappa shape index (κ2) is 8.67. The van der Waals surface area contributed by atoms with Crippen molar-refractivity contribution in [1.82, 2.24) is 9.97 Å². The third-order valence-electron chi connectivity index (χ3n) is 4.20. The monoisotopic (exact) mass is 462 g/mol. The van der Waals surface area contributed by atoms with E-state index in [-0.39, 0.29) is 16.5 Å². The molecule has 0 aliphatic heterocycles. The van der Waals surface area contributed by atoms with Crippen LogP contribution in [0, 0.1) is 23.3 Å². The van der Waals surface area contributed by atoms with E-state index in [1.54, 1.807) is 0 Å². The number of amides is 2. The summed E-state index contributed by atoms with van der Waals surface area (Å²) < 4.78 is 61.9. The molecule has 6 nitrogen and oxygen atoms in total. The van der Waals surface area contributed by atoms with Crippen LogP contribution in [0.4, 0.5) is 33.7 Å². The Bertz CT molecular complexity index is 1350. The van der Waals surface area contributed by atoms with E-state index in [0.29, 0.717) is 17.1 Å². The summed E-state index contributed by atoms with van der Waals surface area (Å²) in [6, 6.07) is 7.07. The largest absolute Gasteiger partial charge is 0.451 e. The normalized spacial score (nSPS) is 10.8. The summed E-state index contributed by atoms with van der Waals surface area (Å²) in [4.78, 5) is 20.2. The summed E-state index contributed by atoms with van der Waals surface area (Å²) in [5.74, 6) is -6.31. The van der Waals surface area contributed by atoms with Crippen LogP contribution in [0.5, 0.6) is 11.5 Å². The van der Waals surface area contributed by atoms with Crippen LogP contribution >= 0.6 is 11.6 Å². The Morgan fingerprint density at radius 1 is 0.844 bits per heavy atom. The van der Waals surface area contributed by atoms with Crippen molar-refractivity contribution in [3.63, 3.8) is 0 Å². The Morgan fingerprint density at radius 2 is 1.59 bits per heavy atom. The number of halogens is 5. The van der Waals surface area contributed by atoms with Crippen molar-refractivity contribution in [2.45, 2.75) is 0 Å². The number of rotatable bonds is 4. The fourth-order valence-corrected chi connectivity index (χ4v) is 2.86. The summed E-state index contributed by atoms with van der Waals surface area (Å²) in [5, 5.41) is 4.09.